The standard InChI is InChI=1S/C20H24N4O5/c1-29-11-13-9-21-6-7-23(13)10-12-2-3-14-15(8-12)20(28)24(19(14)27)16-4-5-17(25)22-18(16)26/h2-3,8,13,16,21H,4-7,9-11H2,1H3,(H,22,25,26). The van der Waals surface area contributed by atoms with Gasteiger partial charge in [0.15, 0.2) is 0 Å². The third kappa shape index (κ3) is 3.68. The minimum absolute atomic E-state index is 0.110. The number of piperazine rings is 1. The Labute approximate surface area is 168 Å². The number of rotatable bonds is 5. The highest BCUT2D eigenvalue weighted by Crippen LogP contribution is 2.28. The molecular formula is C20H24N4O5. The summed E-state index contributed by atoms with van der Waals surface area (Å²) in [6.07, 6.45) is 0.265. The van der Waals surface area contributed by atoms with E-state index in [0.29, 0.717) is 24.3 Å². The van der Waals surface area contributed by atoms with Gasteiger partial charge < -0.3 is 10.1 Å². The first-order valence-electron chi connectivity index (χ1n) is 9.78. The van der Waals surface area contributed by atoms with Crippen LogP contribution < -0.4 is 10.6 Å². The molecule has 4 rings (SSSR count). The summed E-state index contributed by atoms with van der Waals surface area (Å²) < 4.78 is 5.30. The highest BCUT2D eigenvalue weighted by molar-refractivity contribution is 6.23. The fraction of sp³-hybridized carbons (Fsp3) is 0.500. The van der Waals surface area contributed by atoms with Gasteiger partial charge in [0.2, 0.25) is 11.8 Å². The number of ether oxygens (including phenoxy) is 1. The van der Waals surface area contributed by atoms with Crippen LogP contribution in [0.4, 0.5) is 0 Å². The summed E-state index contributed by atoms with van der Waals surface area (Å²) in [4.78, 5) is 52.5. The second kappa shape index (κ2) is 8.02. The lowest BCUT2D eigenvalue weighted by Crippen LogP contribution is -2.54. The van der Waals surface area contributed by atoms with E-state index in [-0.39, 0.29) is 24.8 Å². The van der Waals surface area contributed by atoms with Crippen molar-refractivity contribution in [2.45, 2.75) is 31.5 Å². The first kappa shape index (κ1) is 19.7. The normalized spacial score (nSPS) is 25.3. The van der Waals surface area contributed by atoms with E-state index in [4.69, 9.17) is 4.74 Å². The SMILES string of the molecule is COCC1CNCCN1Cc1ccc2c(c1)C(=O)N(C1CCC(=O)NC1=O)C2=O. The first-order valence-corrected chi connectivity index (χ1v) is 9.78. The largest absolute Gasteiger partial charge is 0.383 e. The zero-order valence-electron chi connectivity index (χ0n) is 16.3. The second-order valence-corrected chi connectivity index (χ2v) is 7.61. The summed E-state index contributed by atoms with van der Waals surface area (Å²) in [5, 5.41) is 5.56. The molecule has 1 aromatic rings. The lowest BCUT2D eigenvalue weighted by atomic mass is 10.0. The number of methoxy groups -OCH3 is 1. The zero-order chi connectivity index (χ0) is 20.5. The summed E-state index contributed by atoms with van der Waals surface area (Å²) in [7, 11) is 1.68. The van der Waals surface area contributed by atoms with Crippen LogP contribution in [0.2, 0.25) is 0 Å². The van der Waals surface area contributed by atoms with E-state index in [1.54, 1.807) is 19.2 Å². The van der Waals surface area contributed by atoms with Gasteiger partial charge in [0.05, 0.1) is 17.7 Å². The Morgan fingerprint density at radius 3 is 2.69 bits per heavy atom. The van der Waals surface area contributed by atoms with Crippen LogP contribution in [0.3, 0.4) is 0 Å². The topological polar surface area (TPSA) is 108 Å². The van der Waals surface area contributed by atoms with Gasteiger partial charge in [-0.2, -0.15) is 0 Å². The minimum atomic E-state index is -0.942. The first-order chi connectivity index (χ1) is 14.0. The van der Waals surface area contributed by atoms with Crippen molar-refractivity contribution in [1.82, 2.24) is 20.4 Å². The molecule has 29 heavy (non-hydrogen) atoms. The summed E-state index contributed by atoms with van der Waals surface area (Å²) in [5.41, 5.74) is 1.55. The molecular weight excluding hydrogens is 376 g/mol. The minimum Gasteiger partial charge on any atom is -0.383 e. The smallest absolute Gasteiger partial charge is 0.262 e. The van der Waals surface area contributed by atoms with Gasteiger partial charge in [-0.1, -0.05) is 6.07 Å². The zero-order valence-corrected chi connectivity index (χ0v) is 16.3. The molecule has 2 saturated heterocycles. The Hall–Kier alpha value is -2.62. The number of hydrogen-bond donors (Lipinski definition) is 2. The molecule has 0 aliphatic carbocycles. The molecule has 2 fully saturated rings. The molecule has 2 N–H and O–H groups in total. The highest BCUT2D eigenvalue weighted by Gasteiger charge is 2.44. The van der Waals surface area contributed by atoms with Crippen molar-refractivity contribution in [3.8, 4) is 0 Å². The lowest BCUT2D eigenvalue weighted by molar-refractivity contribution is -0.136. The Bertz CT molecular complexity index is 868. The average molecular weight is 400 g/mol. The quantitative estimate of drug-likeness (QED) is 0.642. The van der Waals surface area contributed by atoms with Gasteiger partial charge in [0, 0.05) is 45.8 Å². The third-order valence-electron chi connectivity index (χ3n) is 5.72. The number of hydrogen-bond acceptors (Lipinski definition) is 7. The molecule has 1 aromatic carbocycles. The number of nitrogens with zero attached hydrogens (tertiary/aromatic N) is 2. The van der Waals surface area contributed by atoms with Gasteiger partial charge >= 0.3 is 0 Å². The van der Waals surface area contributed by atoms with Crippen LogP contribution >= 0.6 is 0 Å². The van der Waals surface area contributed by atoms with Crippen LogP contribution in [0.5, 0.6) is 0 Å². The monoisotopic (exact) mass is 400 g/mol. The van der Waals surface area contributed by atoms with E-state index < -0.39 is 23.8 Å². The summed E-state index contributed by atoms with van der Waals surface area (Å²) >= 11 is 0. The van der Waals surface area contributed by atoms with Gasteiger partial charge in [-0.05, 0) is 24.1 Å². The summed E-state index contributed by atoms with van der Waals surface area (Å²) in [5.74, 6) is -1.94. The summed E-state index contributed by atoms with van der Waals surface area (Å²) in [6, 6.07) is 4.55. The molecule has 0 bridgehead atoms. The molecule has 4 amide bonds. The molecule has 0 aromatic heterocycles. The van der Waals surface area contributed by atoms with E-state index in [1.807, 2.05) is 6.07 Å². The highest BCUT2D eigenvalue weighted by atomic mass is 16.5. The second-order valence-electron chi connectivity index (χ2n) is 7.61. The number of piperidine rings is 1. The predicted octanol–water partition coefficient (Wildman–Crippen LogP) is -0.492. The molecule has 9 nitrogen and oxygen atoms in total. The van der Waals surface area contributed by atoms with E-state index in [2.05, 4.69) is 15.5 Å². The molecule has 2 unspecified atom stereocenters. The third-order valence-corrected chi connectivity index (χ3v) is 5.72. The molecule has 0 spiro atoms. The fourth-order valence-electron chi connectivity index (χ4n) is 4.22. The van der Waals surface area contributed by atoms with Gasteiger partial charge in [0.25, 0.3) is 11.8 Å². The van der Waals surface area contributed by atoms with E-state index in [0.717, 1.165) is 30.1 Å². The molecule has 3 heterocycles. The summed E-state index contributed by atoms with van der Waals surface area (Å²) in [6.45, 7) is 3.83. The fourth-order valence-corrected chi connectivity index (χ4v) is 4.22. The van der Waals surface area contributed by atoms with Crippen molar-refractivity contribution < 1.29 is 23.9 Å². The van der Waals surface area contributed by atoms with Crippen molar-refractivity contribution in [3.05, 3.63) is 34.9 Å². The number of benzene rings is 1. The van der Waals surface area contributed by atoms with Gasteiger partial charge in [0.1, 0.15) is 6.04 Å². The van der Waals surface area contributed by atoms with Crippen molar-refractivity contribution in [2.75, 3.05) is 33.4 Å². The van der Waals surface area contributed by atoms with Crippen LogP contribution in [0.25, 0.3) is 0 Å². The van der Waals surface area contributed by atoms with Gasteiger partial charge in [-0.15, -0.1) is 0 Å². The van der Waals surface area contributed by atoms with Crippen molar-refractivity contribution in [3.63, 3.8) is 0 Å². The van der Waals surface area contributed by atoms with Crippen LogP contribution in [-0.2, 0) is 20.9 Å². The van der Waals surface area contributed by atoms with E-state index >= 15 is 0 Å². The number of carbonyl (C=O) groups excluding carboxylic acids is 4. The number of amides is 4. The molecule has 3 aliphatic heterocycles. The van der Waals surface area contributed by atoms with Crippen molar-refractivity contribution in [2.24, 2.45) is 0 Å². The molecule has 3 aliphatic rings. The lowest BCUT2D eigenvalue weighted by Gasteiger charge is -2.35. The molecule has 0 saturated carbocycles. The van der Waals surface area contributed by atoms with Crippen molar-refractivity contribution in [1.29, 1.82) is 0 Å². The number of imide groups is 2. The van der Waals surface area contributed by atoms with Crippen molar-refractivity contribution >= 4 is 23.6 Å². The van der Waals surface area contributed by atoms with E-state index in [1.165, 1.54) is 0 Å². The number of fused-ring (bicyclic) bond motifs is 1. The number of nitrogens with one attached hydrogen (secondary N) is 2. The van der Waals surface area contributed by atoms with Gasteiger partial charge in [-0.25, -0.2) is 0 Å². The molecule has 9 heteroatoms. The Kier molecular flexibility index (Phi) is 5.44. The molecule has 0 radical (unpaired) electrons. The van der Waals surface area contributed by atoms with E-state index in [9.17, 15) is 19.2 Å². The van der Waals surface area contributed by atoms with Crippen LogP contribution in [0, 0.1) is 0 Å². The van der Waals surface area contributed by atoms with Crippen LogP contribution in [0.15, 0.2) is 18.2 Å². The average Bonchev–Trinajstić information content (AvgIpc) is 2.94. The Morgan fingerprint density at radius 1 is 1.14 bits per heavy atom. The van der Waals surface area contributed by atoms with Crippen LogP contribution in [-0.4, -0.2) is 78.9 Å². The maximum absolute atomic E-state index is 12.9. The molecule has 2 atom stereocenters. The number of carbonyl (C=O) groups is 4. The Balaban J connectivity index is 1.54. The maximum atomic E-state index is 12.9. The predicted molar refractivity (Wildman–Crippen MR) is 102 cm³/mol. The van der Waals surface area contributed by atoms with Crippen LogP contribution in [0.1, 0.15) is 39.1 Å². The van der Waals surface area contributed by atoms with Gasteiger partial charge in [-0.3, -0.25) is 34.3 Å². The maximum Gasteiger partial charge on any atom is 0.262 e. The molecule has 154 valence electrons. The Morgan fingerprint density at radius 2 is 1.93 bits per heavy atom.